The number of rotatable bonds is 3. The number of benzene rings is 1. The van der Waals surface area contributed by atoms with Crippen molar-refractivity contribution in [3.05, 3.63) is 35.4 Å². The van der Waals surface area contributed by atoms with Gasteiger partial charge in [-0.15, -0.1) is 0 Å². The molecule has 1 nitrogen and oxygen atoms in total. The Morgan fingerprint density at radius 3 is 2.15 bits per heavy atom. The normalized spacial score (nSPS) is 17.0. The lowest BCUT2D eigenvalue weighted by Gasteiger charge is -2.30. The van der Waals surface area contributed by atoms with Crippen molar-refractivity contribution in [2.24, 2.45) is 0 Å². The topological polar surface area (TPSA) is 3.24 Å². The summed E-state index contributed by atoms with van der Waals surface area (Å²) in [6.07, 6.45) is 1.32. The molecule has 1 saturated heterocycles. The molecule has 1 aromatic rings. The summed E-state index contributed by atoms with van der Waals surface area (Å²) in [6, 6.07) is 7.78. The molecule has 0 bridgehead atoms. The van der Waals surface area contributed by atoms with E-state index in [0.29, 0.717) is 0 Å². The number of alkyl halides is 1. The third-order valence-corrected chi connectivity index (χ3v) is 2.53. The number of likely N-dealkylation sites (tertiary alicyclic amines) is 1. The van der Waals surface area contributed by atoms with Crippen molar-refractivity contribution in [2.45, 2.75) is 19.6 Å². The lowest BCUT2D eigenvalue weighted by atomic mass is 10.1. The van der Waals surface area contributed by atoms with Crippen molar-refractivity contribution in [3.8, 4) is 0 Å². The minimum absolute atomic E-state index is 0.357. The maximum Gasteiger partial charge on any atom is 0.115 e. The summed E-state index contributed by atoms with van der Waals surface area (Å²) in [6.45, 7) is 3.09. The Balaban J connectivity index is 1.96. The van der Waals surface area contributed by atoms with Crippen molar-refractivity contribution in [2.75, 3.05) is 13.1 Å². The SMILES string of the molecule is FCc1ccc(CN2CCC2)cc1. The number of hydrogen-bond acceptors (Lipinski definition) is 1. The van der Waals surface area contributed by atoms with Crippen LogP contribution >= 0.6 is 0 Å². The largest absolute Gasteiger partial charge is 0.299 e. The van der Waals surface area contributed by atoms with Crippen LogP contribution in [0.5, 0.6) is 0 Å². The van der Waals surface area contributed by atoms with Gasteiger partial charge in [-0.2, -0.15) is 0 Å². The highest BCUT2D eigenvalue weighted by Crippen LogP contribution is 2.13. The average Bonchev–Trinajstić information content (AvgIpc) is 2.12. The number of hydrogen-bond donors (Lipinski definition) is 0. The van der Waals surface area contributed by atoms with Gasteiger partial charge in [0.1, 0.15) is 6.67 Å². The lowest BCUT2D eigenvalue weighted by Crippen LogP contribution is -2.36. The van der Waals surface area contributed by atoms with Crippen LogP contribution in [0, 0.1) is 0 Å². The second-order valence-electron chi connectivity index (χ2n) is 3.58. The van der Waals surface area contributed by atoms with Gasteiger partial charge in [-0.1, -0.05) is 24.3 Å². The van der Waals surface area contributed by atoms with Gasteiger partial charge in [0.05, 0.1) is 0 Å². The Morgan fingerprint density at radius 1 is 1.08 bits per heavy atom. The predicted molar refractivity (Wildman–Crippen MR) is 51.1 cm³/mol. The Hall–Kier alpha value is -0.890. The molecule has 0 amide bonds. The first-order chi connectivity index (χ1) is 6.38. The molecule has 1 heterocycles. The fraction of sp³-hybridized carbons (Fsp3) is 0.455. The first-order valence-electron chi connectivity index (χ1n) is 4.74. The van der Waals surface area contributed by atoms with Gasteiger partial charge < -0.3 is 0 Å². The van der Waals surface area contributed by atoms with E-state index in [1.165, 1.54) is 25.1 Å². The third kappa shape index (κ3) is 2.07. The zero-order chi connectivity index (χ0) is 9.10. The van der Waals surface area contributed by atoms with Crippen molar-refractivity contribution in [1.82, 2.24) is 4.90 Å². The van der Waals surface area contributed by atoms with Crippen LogP contribution in [0.3, 0.4) is 0 Å². The van der Waals surface area contributed by atoms with Crippen LogP contribution in [-0.2, 0) is 13.2 Å². The van der Waals surface area contributed by atoms with Gasteiger partial charge in [-0.05, 0) is 30.6 Å². The first kappa shape index (κ1) is 8.70. The smallest absolute Gasteiger partial charge is 0.115 e. The molecule has 0 aliphatic carbocycles. The Morgan fingerprint density at radius 2 is 1.69 bits per heavy atom. The van der Waals surface area contributed by atoms with Crippen LogP contribution in [0.4, 0.5) is 4.39 Å². The quantitative estimate of drug-likeness (QED) is 0.688. The molecule has 0 spiro atoms. The van der Waals surface area contributed by atoms with Gasteiger partial charge in [0.2, 0.25) is 0 Å². The van der Waals surface area contributed by atoms with E-state index in [9.17, 15) is 4.39 Å². The standard InChI is InChI=1S/C11H14FN/c12-8-10-2-4-11(5-3-10)9-13-6-1-7-13/h2-5H,1,6-9H2. The Labute approximate surface area is 78.2 Å². The number of halogens is 1. The first-order valence-corrected chi connectivity index (χ1v) is 4.74. The van der Waals surface area contributed by atoms with E-state index >= 15 is 0 Å². The third-order valence-electron chi connectivity index (χ3n) is 2.53. The highest BCUT2D eigenvalue weighted by atomic mass is 19.1. The molecule has 2 rings (SSSR count). The molecule has 0 aromatic heterocycles. The predicted octanol–water partition coefficient (Wildman–Crippen LogP) is 2.36. The van der Waals surface area contributed by atoms with E-state index in [1.807, 2.05) is 24.3 Å². The molecule has 1 aromatic carbocycles. The minimum Gasteiger partial charge on any atom is -0.299 e. The second kappa shape index (κ2) is 3.88. The van der Waals surface area contributed by atoms with Gasteiger partial charge >= 0.3 is 0 Å². The van der Waals surface area contributed by atoms with Crippen LogP contribution < -0.4 is 0 Å². The molecule has 1 aliphatic rings. The molecule has 13 heavy (non-hydrogen) atoms. The maximum atomic E-state index is 12.2. The van der Waals surface area contributed by atoms with Crippen LogP contribution in [0.15, 0.2) is 24.3 Å². The van der Waals surface area contributed by atoms with Gasteiger partial charge in [0.25, 0.3) is 0 Å². The molecule has 0 unspecified atom stereocenters. The molecular formula is C11H14FN. The highest BCUT2D eigenvalue weighted by Gasteiger charge is 2.13. The summed E-state index contributed by atoms with van der Waals surface area (Å²) in [7, 11) is 0. The summed E-state index contributed by atoms with van der Waals surface area (Å²) in [4.78, 5) is 2.39. The Kier molecular flexibility index (Phi) is 2.60. The zero-order valence-electron chi connectivity index (χ0n) is 7.67. The summed E-state index contributed by atoms with van der Waals surface area (Å²) in [5.41, 5.74) is 2.06. The summed E-state index contributed by atoms with van der Waals surface area (Å²) in [5, 5.41) is 0. The van der Waals surface area contributed by atoms with Crippen molar-refractivity contribution in [3.63, 3.8) is 0 Å². The fourth-order valence-electron chi connectivity index (χ4n) is 1.53. The number of nitrogens with zero attached hydrogens (tertiary/aromatic N) is 1. The van der Waals surface area contributed by atoms with Gasteiger partial charge in [-0.3, -0.25) is 4.90 Å². The molecule has 0 radical (unpaired) electrons. The van der Waals surface area contributed by atoms with Gasteiger partial charge in [0, 0.05) is 6.54 Å². The zero-order valence-corrected chi connectivity index (χ0v) is 7.67. The maximum absolute atomic E-state index is 12.2. The molecule has 2 heteroatoms. The van der Waals surface area contributed by atoms with E-state index in [-0.39, 0.29) is 6.67 Å². The van der Waals surface area contributed by atoms with E-state index in [0.717, 1.165) is 12.1 Å². The van der Waals surface area contributed by atoms with Crippen molar-refractivity contribution in [1.29, 1.82) is 0 Å². The molecular weight excluding hydrogens is 165 g/mol. The molecule has 70 valence electrons. The van der Waals surface area contributed by atoms with Gasteiger partial charge in [-0.25, -0.2) is 4.39 Å². The summed E-state index contributed by atoms with van der Waals surface area (Å²) in [5.74, 6) is 0. The van der Waals surface area contributed by atoms with Crippen molar-refractivity contribution >= 4 is 0 Å². The molecule has 0 saturated carbocycles. The van der Waals surface area contributed by atoms with Crippen LogP contribution in [0.2, 0.25) is 0 Å². The van der Waals surface area contributed by atoms with Gasteiger partial charge in [0.15, 0.2) is 0 Å². The van der Waals surface area contributed by atoms with Crippen LogP contribution in [0.25, 0.3) is 0 Å². The molecule has 0 N–H and O–H groups in total. The molecule has 1 aliphatic heterocycles. The minimum atomic E-state index is -0.357. The van der Waals surface area contributed by atoms with E-state index in [1.54, 1.807) is 0 Å². The van der Waals surface area contributed by atoms with Crippen LogP contribution in [-0.4, -0.2) is 18.0 Å². The van der Waals surface area contributed by atoms with E-state index in [4.69, 9.17) is 0 Å². The second-order valence-corrected chi connectivity index (χ2v) is 3.58. The average molecular weight is 179 g/mol. The van der Waals surface area contributed by atoms with E-state index in [2.05, 4.69) is 4.90 Å². The monoisotopic (exact) mass is 179 g/mol. The highest BCUT2D eigenvalue weighted by molar-refractivity contribution is 5.22. The van der Waals surface area contributed by atoms with E-state index < -0.39 is 0 Å². The van der Waals surface area contributed by atoms with Crippen molar-refractivity contribution < 1.29 is 4.39 Å². The lowest BCUT2D eigenvalue weighted by molar-refractivity contribution is 0.172. The summed E-state index contributed by atoms with van der Waals surface area (Å²) < 4.78 is 12.2. The van der Waals surface area contributed by atoms with Crippen LogP contribution in [0.1, 0.15) is 17.5 Å². The fourth-order valence-corrected chi connectivity index (χ4v) is 1.53. The Bertz CT molecular complexity index is 264. The summed E-state index contributed by atoms with van der Waals surface area (Å²) >= 11 is 0. The molecule has 1 fully saturated rings. The molecule has 0 atom stereocenters.